The quantitative estimate of drug-likeness (QED) is 0.385. The first-order valence-electron chi connectivity index (χ1n) is 12.5. The summed E-state index contributed by atoms with van der Waals surface area (Å²) in [6.45, 7) is 5.94. The molecule has 2 heterocycles. The summed E-state index contributed by atoms with van der Waals surface area (Å²) in [5.41, 5.74) is 6.35. The van der Waals surface area contributed by atoms with Crippen molar-refractivity contribution >= 4 is 22.9 Å². The van der Waals surface area contributed by atoms with E-state index in [-0.39, 0.29) is 11.8 Å². The predicted molar refractivity (Wildman–Crippen MR) is 140 cm³/mol. The molecular formula is C30H31N3O3. The Morgan fingerprint density at radius 1 is 0.944 bits per heavy atom. The van der Waals surface area contributed by atoms with Crippen molar-refractivity contribution in [1.29, 1.82) is 0 Å². The zero-order valence-electron chi connectivity index (χ0n) is 20.8. The lowest BCUT2D eigenvalue weighted by Crippen LogP contribution is -2.39. The van der Waals surface area contributed by atoms with E-state index in [2.05, 4.69) is 29.4 Å². The number of piperidine rings is 1. The zero-order valence-corrected chi connectivity index (χ0v) is 20.8. The number of carbonyl (C=O) groups is 2. The molecule has 0 bridgehead atoms. The topological polar surface area (TPSA) is 75.4 Å². The van der Waals surface area contributed by atoms with Gasteiger partial charge in [-0.3, -0.25) is 9.59 Å². The maximum absolute atomic E-state index is 13.2. The van der Waals surface area contributed by atoms with Crippen LogP contribution in [0.3, 0.4) is 0 Å². The molecule has 6 nitrogen and oxygen atoms in total. The molecule has 0 atom stereocenters. The molecule has 5 rings (SSSR count). The SMILES string of the molecule is Cc1ccc(CNC(=O)CC2CCN(C(=O)c3ccc4oc(-c5ccc(C)cc5)nc4c3)CC2)cc1. The van der Waals surface area contributed by atoms with E-state index in [0.29, 0.717) is 54.5 Å². The number of hydrogen-bond donors (Lipinski definition) is 1. The van der Waals surface area contributed by atoms with Crippen LogP contribution in [0.25, 0.3) is 22.6 Å². The Labute approximate surface area is 211 Å². The molecule has 0 radical (unpaired) electrons. The van der Waals surface area contributed by atoms with Crippen LogP contribution in [0.5, 0.6) is 0 Å². The van der Waals surface area contributed by atoms with E-state index < -0.39 is 0 Å². The lowest BCUT2D eigenvalue weighted by molar-refractivity contribution is -0.122. The van der Waals surface area contributed by atoms with Gasteiger partial charge in [0.05, 0.1) is 0 Å². The number of hydrogen-bond acceptors (Lipinski definition) is 4. The minimum atomic E-state index is -0.000872. The van der Waals surface area contributed by atoms with E-state index in [1.807, 2.05) is 60.4 Å². The fourth-order valence-electron chi connectivity index (χ4n) is 4.64. The van der Waals surface area contributed by atoms with Crippen LogP contribution < -0.4 is 5.32 Å². The third-order valence-corrected chi connectivity index (χ3v) is 6.92. The molecule has 36 heavy (non-hydrogen) atoms. The maximum Gasteiger partial charge on any atom is 0.253 e. The van der Waals surface area contributed by atoms with Crippen molar-refractivity contribution in [3.63, 3.8) is 0 Å². The molecule has 1 fully saturated rings. The van der Waals surface area contributed by atoms with E-state index in [1.54, 1.807) is 6.07 Å². The first kappa shape index (κ1) is 23.8. The van der Waals surface area contributed by atoms with Crippen LogP contribution >= 0.6 is 0 Å². The van der Waals surface area contributed by atoms with Gasteiger partial charge in [0.15, 0.2) is 5.58 Å². The molecule has 2 amide bonds. The molecule has 1 aliphatic rings. The molecule has 184 valence electrons. The second-order valence-corrected chi connectivity index (χ2v) is 9.77. The highest BCUT2D eigenvalue weighted by Gasteiger charge is 2.25. The second kappa shape index (κ2) is 10.4. The number of fused-ring (bicyclic) bond motifs is 1. The number of carbonyl (C=O) groups excluding carboxylic acids is 2. The van der Waals surface area contributed by atoms with Crippen LogP contribution in [-0.2, 0) is 11.3 Å². The monoisotopic (exact) mass is 481 g/mol. The second-order valence-electron chi connectivity index (χ2n) is 9.77. The number of benzene rings is 3. The van der Waals surface area contributed by atoms with Crippen molar-refractivity contribution in [2.45, 2.75) is 39.7 Å². The Balaban J connectivity index is 1.15. The highest BCUT2D eigenvalue weighted by molar-refractivity contribution is 5.97. The first-order valence-corrected chi connectivity index (χ1v) is 12.5. The van der Waals surface area contributed by atoms with Crippen LogP contribution in [0.1, 0.15) is 46.3 Å². The minimum Gasteiger partial charge on any atom is -0.436 e. The van der Waals surface area contributed by atoms with E-state index in [9.17, 15) is 9.59 Å². The number of nitrogens with one attached hydrogen (secondary N) is 1. The summed E-state index contributed by atoms with van der Waals surface area (Å²) in [6.07, 6.45) is 2.15. The van der Waals surface area contributed by atoms with E-state index >= 15 is 0 Å². The van der Waals surface area contributed by atoms with Gasteiger partial charge in [-0.05, 0) is 68.5 Å². The van der Waals surface area contributed by atoms with Crippen LogP contribution in [-0.4, -0.2) is 34.8 Å². The molecule has 3 aromatic carbocycles. The van der Waals surface area contributed by atoms with Crippen LogP contribution in [0, 0.1) is 19.8 Å². The van der Waals surface area contributed by atoms with E-state index in [1.165, 1.54) is 11.1 Å². The van der Waals surface area contributed by atoms with E-state index in [4.69, 9.17) is 4.42 Å². The summed E-state index contributed by atoms with van der Waals surface area (Å²) >= 11 is 0. The maximum atomic E-state index is 13.2. The van der Waals surface area contributed by atoms with Crippen molar-refractivity contribution in [1.82, 2.24) is 15.2 Å². The molecule has 1 aliphatic heterocycles. The Morgan fingerprint density at radius 3 is 2.31 bits per heavy atom. The van der Waals surface area contributed by atoms with Gasteiger partial charge < -0.3 is 14.6 Å². The number of likely N-dealkylation sites (tertiary alicyclic amines) is 1. The average Bonchev–Trinajstić information content (AvgIpc) is 3.32. The number of aromatic nitrogens is 1. The van der Waals surface area contributed by atoms with Crippen LogP contribution in [0.4, 0.5) is 0 Å². The minimum absolute atomic E-state index is 0.000872. The molecule has 0 spiro atoms. The summed E-state index contributed by atoms with van der Waals surface area (Å²) in [4.78, 5) is 32.1. The highest BCUT2D eigenvalue weighted by atomic mass is 16.3. The Morgan fingerprint density at radius 2 is 1.61 bits per heavy atom. The lowest BCUT2D eigenvalue weighted by atomic mass is 9.92. The fraction of sp³-hybridized carbons (Fsp3) is 0.300. The smallest absolute Gasteiger partial charge is 0.253 e. The summed E-state index contributed by atoms with van der Waals surface area (Å²) in [6, 6.07) is 21.6. The molecule has 1 saturated heterocycles. The van der Waals surface area contributed by atoms with Gasteiger partial charge in [-0.25, -0.2) is 4.98 Å². The number of aryl methyl sites for hydroxylation is 2. The van der Waals surface area contributed by atoms with Crippen molar-refractivity contribution < 1.29 is 14.0 Å². The predicted octanol–water partition coefficient (Wildman–Crippen LogP) is 5.67. The van der Waals surface area contributed by atoms with Gasteiger partial charge in [0.25, 0.3) is 5.91 Å². The van der Waals surface area contributed by atoms with Gasteiger partial charge in [0, 0.05) is 37.2 Å². The van der Waals surface area contributed by atoms with Crippen LogP contribution in [0.2, 0.25) is 0 Å². The summed E-state index contributed by atoms with van der Waals surface area (Å²) in [5.74, 6) is 0.915. The van der Waals surface area contributed by atoms with Gasteiger partial charge in [0.1, 0.15) is 5.52 Å². The first-order chi connectivity index (χ1) is 17.4. The Kier molecular flexibility index (Phi) is 6.85. The summed E-state index contributed by atoms with van der Waals surface area (Å²) in [5, 5.41) is 3.02. The standard InChI is InChI=1S/C30H31N3O3/c1-20-3-7-23(8-4-20)19-31-28(34)17-22-13-15-33(16-14-22)30(35)25-11-12-27-26(18-25)32-29(36-27)24-9-5-21(2)6-10-24/h3-12,18,22H,13-17,19H2,1-2H3,(H,31,34). The zero-order chi connectivity index (χ0) is 25.1. The lowest BCUT2D eigenvalue weighted by Gasteiger charge is -2.31. The molecule has 0 unspecified atom stereocenters. The highest BCUT2D eigenvalue weighted by Crippen LogP contribution is 2.27. The van der Waals surface area contributed by atoms with Gasteiger partial charge >= 0.3 is 0 Å². The molecule has 0 saturated carbocycles. The van der Waals surface area contributed by atoms with Gasteiger partial charge in [-0.2, -0.15) is 0 Å². The third-order valence-electron chi connectivity index (χ3n) is 6.92. The molecule has 4 aromatic rings. The van der Waals surface area contributed by atoms with E-state index in [0.717, 1.165) is 24.0 Å². The number of rotatable bonds is 6. The van der Waals surface area contributed by atoms with Crippen molar-refractivity contribution in [3.8, 4) is 11.5 Å². The van der Waals surface area contributed by atoms with Crippen molar-refractivity contribution in [3.05, 3.63) is 89.0 Å². The number of amides is 2. The van der Waals surface area contributed by atoms with Gasteiger partial charge in [-0.1, -0.05) is 47.5 Å². The summed E-state index contributed by atoms with van der Waals surface area (Å²) < 4.78 is 5.90. The Bertz CT molecular complexity index is 1370. The Hall–Kier alpha value is -3.93. The summed E-state index contributed by atoms with van der Waals surface area (Å²) in [7, 11) is 0. The molecule has 0 aliphatic carbocycles. The molecule has 1 N–H and O–H groups in total. The molecule has 6 heteroatoms. The average molecular weight is 482 g/mol. The van der Waals surface area contributed by atoms with Gasteiger partial charge in [0.2, 0.25) is 11.8 Å². The van der Waals surface area contributed by atoms with Gasteiger partial charge in [-0.15, -0.1) is 0 Å². The fourth-order valence-corrected chi connectivity index (χ4v) is 4.64. The van der Waals surface area contributed by atoms with Crippen molar-refractivity contribution in [2.24, 2.45) is 5.92 Å². The van der Waals surface area contributed by atoms with Crippen molar-refractivity contribution in [2.75, 3.05) is 13.1 Å². The molecular weight excluding hydrogens is 450 g/mol. The van der Waals surface area contributed by atoms with Crippen LogP contribution in [0.15, 0.2) is 71.1 Å². The number of oxazole rings is 1. The number of nitrogens with zero attached hydrogens (tertiary/aromatic N) is 2. The normalized spacial score (nSPS) is 14.2. The largest absolute Gasteiger partial charge is 0.436 e. The third kappa shape index (κ3) is 5.48. The molecule has 1 aromatic heterocycles.